The van der Waals surface area contributed by atoms with Gasteiger partial charge in [0, 0.05) is 19.2 Å². The van der Waals surface area contributed by atoms with Crippen LogP contribution in [0, 0.1) is 6.92 Å². The van der Waals surface area contributed by atoms with Crippen molar-refractivity contribution < 1.29 is 4.79 Å². The lowest BCUT2D eigenvalue weighted by molar-refractivity contribution is -0.120. The van der Waals surface area contributed by atoms with Gasteiger partial charge in [-0.1, -0.05) is 47.7 Å². The maximum atomic E-state index is 12.4. The van der Waals surface area contributed by atoms with E-state index in [-0.39, 0.29) is 11.2 Å². The Balaban J connectivity index is 1.56. The summed E-state index contributed by atoms with van der Waals surface area (Å²) in [7, 11) is 1.95. The van der Waals surface area contributed by atoms with E-state index in [1.807, 2.05) is 36.7 Å². The maximum absolute atomic E-state index is 12.4. The first-order valence-corrected chi connectivity index (χ1v) is 10.5. The fourth-order valence-corrected chi connectivity index (χ4v) is 4.15. The fourth-order valence-electron chi connectivity index (χ4n) is 3.31. The van der Waals surface area contributed by atoms with Gasteiger partial charge in [-0.15, -0.1) is 10.2 Å². The van der Waals surface area contributed by atoms with Gasteiger partial charge in [0.15, 0.2) is 11.0 Å². The lowest BCUT2D eigenvalue weighted by atomic mass is 9.97. The van der Waals surface area contributed by atoms with E-state index in [0.29, 0.717) is 6.54 Å². The van der Waals surface area contributed by atoms with Crippen LogP contribution in [0.1, 0.15) is 44.6 Å². The van der Waals surface area contributed by atoms with Gasteiger partial charge in [0.1, 0.15) is 0 Å². The standard InChI is InChI=1S/C21H28N4OS/c1-15-9-7-8-12-18(15)19-23-24-21(25(19)3)27-16(2)20(26)22-14-13-17-10-5-4-6-11-17/h7-10,12,16H,4-6,11,13-14H2,1-3H3,(H,22,26). The van der Waals surface area contributed by atoms with Crippen molar-refractivity contribution in [3.05, 3.63) is 41.5 Å². The molecule has 3 rings (SSSR count). The summed E-state index contributed by atoms with van der Waals surface area (Å²) in [4.78, 5) is 12.4. The largest absolute Gasteiger partial charge is 0.355 e. The molecule has 2 aromatic rings. The molecule has 0 saturated carbocycles. The highest BCUT2D eigenvalue weighted by Gasteiger charge is 2.19. The van der Waals surface area contributed by atoms with Crippen molar-refractivity contribution in [1.29, 1.82) is 0 Å². The van der Waals surface area contributed by atoms with Gasteiger partial charge in [0.05, 0.1) is 5.25 Å². The first-order chi connectivity index (χ1) is 13.1. The number of hydrogen-bond acceptors (Lipinski definition) is 4. The number of nitrogens with one attached hydrogen (secondary N) is 1. The fraction of sp³-hybridized carbons (Fsp3) is 0.476. The molecule has 5 nitrogen and oxygen atoms in total. The molecule has 0 saturated heterocycles. The van der Waals surface area contributed by atoms with Crippen LogP contribution in [0.25, 0.3) is 11.4 Å². The first-order valence-electron chi connectivity index (χ1n) is 9.64. The predicted octanol–water partition coefficient (Wildman–Crippen LogP) is 4.28. The Morgan fingerprint density at radius 2 is 2.11 bits per heavy atom. The second-order valence-corrected chi connectivity index (χ2v) is 8.40. The normalized spacial score (nSPS) is 15.3. The van der Waals surface area contributed by atoms with Crippen LogP contribution in [0.3, 0.4) is 0 Å². The molecule has 1 heterocycles. The van der Waals surface area contributed by atoms with Crippen molar-refractivity contribution in [1.82, 2.24) is 20.1 Å². The third-order valence-electron chi connectivity index (χ3n) is 5.00. The molecule has 0 bridgehead atoms. The molecule has 1 aliphatic carbocycles. The molecule has 27 heavy (non-hydrogen) atoms. The third-order valence-corrected chi connectivity index (χ3v) is 6.14. The molecular weight excluding hydrogens is 356 g/mol. The number of thioether (sulfide) groups is 1. The van der Waals surface area contributed by atoms with Gasteiger partial charge in [-0.3, -0.25) is 4.79 Å². The van der Waals surface area contributed by atoms with Crippen LogP contribution in [0.15, 0.2) is 41.1 Å². The zero-order valence-electron chi connectivity index (χ0n) is 16.4. The summed E-state index contributed by atoms with van der Waals surface area (Å²) in [6.45, 7) is 4.69. The number of carbonyl (C=O) groups excluding carboxylic acids is 1. The molecule has 1 aromatic heterocycles. The average molecular weight is 385 g/mol. The van der Waals surface area contributed by atoms with E-state index in [1.165, 1.54) is 43.0 Å². The molecule has 1 aromatic carbocycles. The predicted molar refractivity (Wildman–Crippen MR) is 111 cm³/mol. The van der Waals surface area contributed by atoms with E-state index >= 15 is 0 Å². The number of hydrogen-bond donors (Lipinski definition) is 1. The zero-order valence-corrected chi connectivity index (χ0v) is 17.2. The van der Waals surface area contributed by atoms with Crippen molar-refractivity contribution in [3.63, 3.8) is 0 Å². The molecule has 1 N–H and O–H groups in total. The van der Waals surface area contributed by atoms with Crippen LogP contribution in [-0.4, -0.2) is 32.5 Å². The molecule has 1 atom stereocenters. The summed E-state index contributed by atoms with van der Waals surface area (Å²) in [6.07, 6.45) is 8.24. The summed E-state index contributed by atoms with van der Waals surface area (Å²) < 4.78 is 1.96. The van der Waals surface area contributed by atoms with Gasteiger partial charge in [0.25, 0.3) is 0 Å². The van der Waals surface area contributed by atoms with Crippen molar-refractivity contribution in [3.8, 4) is 11.4 Å². The number of aryl methyl sites for hydroxylation is 1. The SMILES string of the molecule is Cc1ccccc1-c1nnc(SC(C)C(=O)NCCC2=CCCCC2)n1C. The van der Waals surface area contributed by atoms with Crippen molar-refractivity contribution in [2.24, 2.45) is 7.05 Å². The summed E-state index contributed by atoms with van der Waals surface area (Å²) in [6, 6.07) is 8.13. The highest BCUT2D eigenvalue weighted by Crippen LogP contribution is 2.27. The second kappa shape index (κ2) is 9.22. The van der Waals surface area contributed by atoms with E-state index in [2.05, 4.69) is 34.6 Å². The Morgan fingerprint density at radius 1 is 1.30 bits per heavy atom. The van der Waals surface area contributed by atoms with Crippen LogP contribution in [0.5, 0.6) is 0 Å². The van der Waals surface area contributed by atoms with Crippen molar-refractivity contribution in [2.45, 2.75) is 56.4 Å². The van der Waals surface area contributed by atoms with Crippen molar-refractivity contribution >= 4 is 17.7 Å². The molecule has 0 fully saturated rings. The minimum atomic E-state index is -0.210. The Bertz CT molecular complexity index is 827. The first kappa shape index (κ1) is 19.7. The molecule has 0 aliphatic heterocycles. The summed E-state index contributed by atoms with van der Waals surface area (Å²) in [5.41, 5.74) is 3.71. The number of rotatable bonds is 7. The Labute approximate surface area is 165 Å². The van der Waals surface area contributed by atoms with Gasteiger partial charge in [-0.2, -0.15) is 0 Å². The van der Waals surface area contributed by atoms with Crippen LogP contribution in [0.2, 0.25) is 0 Å². The van der Waals surface area contributed by atoms with Crippen LogP contribution < -0.4 is 5.32 Å². The van der Waals surface area contributed by atoms with Gasteiger partial charge < -0.3 is 9.88 Å². The molecule has 0 spiro atoms. The minimum Gasteiger partial charge on any atom is -0.355 e. The van der Waals surface area contributed by atoms with E-state index < -0.39 is 0 Å². The highest BCUT2D eigenvalue weighted by atomic mass is 32.2. The quantitative estimate of drug-likeness (QED) is 0.572. The Kier molecular flexibility index (Phi) is 6.72. The molecule has 1 amide bonds. The summed E-state index contributed by atoms with van der Waals surface area (Å²) >= 11 is 1.45. The van der Waals surface area contributed by atoms with Crippen LogP contribution in [-0.2, 0) is 11.8 Å². The van der Waals surface area contributed by atoms with Gasteiger partial charge in [0.2, 0.25) is 5.91 Å². The van der Waals surface area contributed by atoms with Crippen molar-refractivity contribution in [2.75, 3.05) is 6.54 Å². The molecule has 0 radical (unpaired) electrons. The van der Waals surface area contributed by atoms with Gasteiger partial charge in [-0.25, -0.2) is 0 Å². The summed E-state index contributed by atoms with van der Waals surface area (Å²) in [5.74, 6) is 0.879. The van der Waals surface area contributed by atoms with Gasteiger partial charge in [-0.05, 0) is 51.5 Å². The average Bonchev–Trinajstić information content (AvgIpc) is 3.03. The van der Waals surface area contributed by atoms with E-state index in [4.69, 9.17) is 0 Å². The maximum Gasteiger partial charge on any atom is 0.233 e. The van der Waals surface area contributed by atoms with E-state index in [0.717, 1.165) is 28.5 Å². The van der Waals surface area contributed by atoms with E-state index in [1.54, 1.807) is 0 Å². The minimum absolute atomic E-state index is 0.0526. The molecular formula is C21H28N4OS. The molecule has 144 valence electrons. The number of benzene rings is 1. The number of allylic oxidation sites excluding steroid dienone is 1. The topological polar surface area (TPSA) is 59.8 Å². The van der Waals surface area contributed by atoms with E-state index in [9.17, 15) is 4.79 Å². The second-order valence-electron chi connectivity index (χ2n) is 7.09. The number of aromatic nitrogens is 3. The molecule has 1 unspecified atom stereocenters. The highest BCUT2D eigenvalue weighted by molar-refractivity contribution is 8.00. The zero-order chi connectivity index (χ0) is 19.2. The Hall–Kier alpha value is -2.08. The lowest BCUT2D eigenvalue weighted by Crippen LogP contribution is -2.32. The lowest BCUT2D eigenvalue weighted by Gasteiger charge is -2.15. The number of amides is 1. The monoisotopic (exact) mass is 384 g/mol. The molecule has 1 aliphatic rings. The third kappa shape index (κ3) is 5.01. The smallest absolute Gasteiger partial charge is 0.233 e. The number of nitrogens with zero attached hydrogens (tertiary/aromatic N) is 3. The van der Waals surface area contributed by atoms with Crippen LogP contribution in [0.4, 0.5) is 0 Å². The van der Waals surface area contributed by atoms with Crippen LogP contribution >= 0.6 is 11.8 Å². The van der Waals surface area contributed by atoms with Gasteiger partial charge >= 0.3 is 0 Å². The molecule has 6 heteroatoms. The summed E-state index contributed by atoms with van der Waals surface area (Å²) in [5, 5.41) is 12.2. The number of carbonyl (C=O) groups is 1. The Morgan fingerprint density at radius 3 is 2.85 bits per heavy atom.